The molecule has 3 nitrogen and oxygen atoms in total. The molecule has 1 saturated heterocycles. The van der Waals surface area contributed by atoms with Crippen LogP contribution in [0.3, 0.4) is 0 Å². The van der Waals surface area contributed by atoms with Crippen molar-refractivity contribution in [2.75, 3.05) is 26.2 Å². The lowest BCUT2D eigenvalue weighted by Gasteiger charge is -2.08. The average Bonchev–Trinajstić information content (AvgIpc) is 2.55. The summed E-state index contributed by atoms with van der Waals surface area (Å²) in [6, 6.07) is 0. The second-order valence-electron chi connectivity index (χ2n) is 3.25. The maximum atomic E-state index is 10.5. The summed E-state index contributed by atoms with van der Waals surface area (Å²) in [5.74, 6) is 5.95. The summed E-state index contributed by atoms with van der Waals surface area (Å²) in [6.07, 6.45) is 2.60. The lowest BCUT2D eigenvalue weighted by molar-refractivity contribution is -0.118. The van der Waals surface area contributed by atoms with Gasteiger partial charge in [0.05, 0.1) is 13.1 Å². The van der Waals surface area contributed by atoms with Crippen LogP contribution in [0.25, 0.3) is 0 Å². The van der Waals surface area contributed by atoms with Crippen molar-refractivity contribution in [2.24, 2.45) is 0 Å². The molecule has 1 aliphatic rings. The smallest absolute Gasteiger partial charge is 0.217 e. The first-order valence-corrected chi connectivity index (χ1v) is 4.71. The van der Waals surface area contributed by atoms with Crippen molar-refractivity contribution in [2.45, 2.75) is 19.8 Å². The Morgan fingerprint density at radius 2 is 2.08 bits per heavy atom. The predicted octanol–water partition coefficient (Wildman–Crippen LogP) is 0.222. The highest BCUT2D eigenvalue weighted by molar-refractivity contribution is 5.73. The molecular formula is C10H16N2O. The lowest BCUT2D eigenvalue weighted by Crippen LogP contribution is -2.21. The maximum absolute atomic E-state index is 10.5. The molecule has 0 aromatic heterocycles. The fourth-order valence-electron chi connectivity index (χ4n) is 1.34. The number of nitrogens with zero attached hydrogens (tertiary/aromatic N) is 1. The molecule has 1 rings (SSSR count). The van der Waals surface area contributed by atoms with Gasteiger partial charge in [-0.3, -0.25) is 9.69 Å². The Morgan fingerprint density at radius 1 is 1.38 bits per heavy atom. The van der Waals surface area contributed by atoms with Crippen LogP contribution < -0.4 is 5.32 Å². The predicted molar refractivity (Wildman–Crippen MR) is 52.1 cm³/mol. The summed E-state index contributed by atoms with van der Waals surface area (Å²) in [5, 5.41) is 2.64. The Bertz CT molecular complexity index is 221. The molecular weight excluding hydrogens is 164 g/mol. The minimum Gasteiger partial charge on any atom is -0.345 e. The van der Waals surface area contributed by atoms with Gasteiger partial charge in [-0.15, -0.1) is 0 Å². The lowest BCUT2D eigenvalue weighted by atomic mass is 10.4. The van der Waals surface area contributed by atoms with Gasteiger partial charge >= 0.3 is 0 Å². The Morgan fingerprint density at radius 3 is 2.69 bits per heavy atom. The molecule has 0 aromatic rings. The Hall–Kier alpha value is -1.01. The molecule has 0 atom stereocenters. The van der Waals surface area contributed by atoms with Gasteiger partial charge in [-0.1, -0.05) is 11.8 Å². The average molecular weight is 180 g/mol. The van der Waals surface area contributed by atoms with Crippen molar-refractivity contribution in [1.29, 1.82) is 0 Å². The highest BCUT2D eigenvalue weighted by Crippen LogP contribution is 2.05. The normalized spacial score (nSPS) is 16.4. The SMILES string of the molecule is CC(=O)NCC#CCN1CCCC1. The topological polar surface area (TPSA) is 32.3 Å². The first kappa shape index (κ1) is 10.1. The zero-order valence-electron chi connectivity index (χ0n) is 8.10. The number of rotatable bonds is 2. The molecule has 0 aliphatic carbocycles. The molecule has 0 saturated carbocycles. The van der Waals surface area contributed by atoms with Crippen LogP contribution in [0, 0.1) is 11.8 Å². The number of hydrogen-bond acceptors (Lipinski definition) is 2. The maximum Gasteiger partial charge on any atom is 0.217 e. The van der Waals surface area contributed by atoms with E-state index in [4.69, 9.17) is 0 Å². The van der Waals surface area contributed by atoms with Gasteiger partial charge in [-0.25, -0.2) is 0 Å². The monoisotopic (exact) mass is 180 g/mol. The fraction of sp³-hybridized carbons (Fsp3) is 0.700. The Kier molecular flexibility index (Phi) is 4.34. The Balaban J connectivity index is 2.05. The third-order valence-corrected chi connectivity index (χ3v) is 2.05. The van der Waals surface area contributed by atoms with Gasteiger partial charge in [0.15, 0.2) is 0 Å². The fourth-order valence-corrected chi connectivity index (χ4v) is 1.34. The molecule has 0 unspecified atom stereocenters. The van der Waals surface area contributed by atoms with Gasteiger partial charge < -0.3 is 5.32 Å². The molecule has 1 heterocycles. The summed E-state index contributed by atoms with van der Waals surface area (Å²) in [5.41, 5.74) is 0. The van der Waals surface area contributed by atoms with E-state index in [1.165, 1.54) is 32.9 Å². The van der Waals surface area contributed by atoms with Crippen molar-refractivity contribution in [3.8, 4) is 11.8 Å². The van der Waals surface area contributed by atoms with E-state index in [1.54, 1.807) is 0 Å². The van der Waals surface area contributed by atoms with Crippen LogP contribution in [-0.4, -0.2) is 37.0 Å². The zero-order valence-corrected chi connectivity index (χ0v) is 8.10. The molecule has 1 aliphatic heterocycles. The minimum atomic E-state index is -0.0181. The van der Waals surface area contributed by atoms with E-state index >= 15 is 0 Å². The second-order valence-corrected chi connectivity index (χ2v) is 3.25. The van der Waals surface area contributed by atoms with E-state index < -0.39 is 0 Å². The largest absolute Gasteiger partial charge is 0.345 e. The summed E-state index contributed by atoms with van der Waals surface area (Å²) in [6.45, 7) is 5.18. The van der Waals surface area contributed by atoms with Gasteiger partial charge in [-0.05, 0) is 25.9 Å². The summed E-state index contributed by atoms with van der Waals surface area (Å²) < 4.78 is 0. The molecule has 1 fully saturated rings. The van der Waals surface area contributed by atoms with Gasteiger partial charge in [0.25, 0.3) is 0 Å². The first-order chi connectivity index (χ1) is 6.29. The highest BCUT2D eigenvalue weighted by Gasteiger charge is 2.08. The van der Waals surface area contributed by atoms with Crippen molar-refractivity contribution in [3.05, 3.63) is 0 Å². The van der Waals surface area contributed by atoms with E-state index in [0.29, 0.717) is 6.54 Å². The minimum absolute atomic E-state index is 0.0181. The second kappa shape index (κ2) is 5.60. The molecule has 1 amide bonds. The van der Waals surface area contributed by atoms with Crippen molar-refractivity contribution < 1.29 is 4.79 Å². The number of hydrogen-bond donors (Lipinski definition) is 1. The van der Waals surface area contributed by atoms with Gasteiger partial charge in [0.1, 0.15) is 0 Å². The molecule has 0 spiro atoms. The van der Waals surface area contributed by atoms with Crippen molar-refractivity contribution in [3.63, 3.8) is 0 Å². The molecule has 0 bridgehead atoms. The third-order valence-electron chi connectivity index (χ3n) is 2.05. The highest BCUT2D eigenvalue weighted by atomic mass is 16.1. The van der Waals surface area contributed by atoms with E-state index in [-0.39, 0.29) is 5.91 Å². The van der Waals surface area contributed by atoms with Crippen LogP contribution >= 0.6 is 0 Å². The van der Waals surface area contributed by atoms with Gasteiger partial charge in [0, 0.05) is 6.92 Å². The van der Waals surface area contributed by atoms with E-state index in [0.717, 1.165) is 6.54 Å². The number of amides is 1. The first-order valence-electron chi connectivity index (χ1n) is 4.71. The summed E-state index contributed by atoms with van der Waals surface area (Å²) >= 11 is 0. The zero-order chi connectivity index (χ0) is 9.52. The van der Waals surface area contributed by atoms with Crippen LogP contribution in [0.1, 0.15) is 19.8 Å². The van der Waals surface area contributed by atoms with Crippen LogP contribution in [0.4, 0.5) is 0 Å². The molecule has 0 aromatic carbocycles. The number of likely N-dealkylation sites (tertiary alicyclic amines) is 1. The van der Waals surface area contributed by atoms with Gasteiger partial charge in [0.2, 0.25) is 5.91 Å². The van der Waals surface area contributed by atoms with Crippen molar-refractivity contribution in [1.82, 2.24) is 10.2 Å². The number of nitrogens with one attached hydrogen (secondary N) is 1. The quantitative estimate of drug-likeness (QED) is 0.617. The molecule has 13 heavy (non-hydrogen) atoms. The summed E-state index contributed by atoms with van der Waals surface area (Å²) in [7, 11) is 0. The van der Waals surface area contributed by atoms with Crippen molar-refractivity contribution >= 4 is 5.91 Å². The van der Waals surface area contributed by atoms with Crippen LogP contribution in [0.2, 0.25) is 0 Å². The van der Waals surface area contributed by atoms with Crippen LogP contribution in [0.5, 0.6) is 0 Å². The molecule has 1 N–H and O–H groups in total. The van der Waals surface area contributed by atoms with E-state index in [9.17, 15) is 4.79 Å². The molecule has 3 heteroatoms. The third kappa shape index (κ3) is 4.54. The van der Waals surface area contributed by atoms with E-state index in [2.05, 4.69) is 22.1 Å². The molecule has 72 valence electrons. The van der Waals surface area contributed by atoms with Gasteiger partial charge in [-0.2, -0.15) is 0 Å². The molecule has 0 radical (unpaired) electrons. The van der Waals surface area contributed by atoms with E-state index in [1.807, 2.05) is 0 Å². The number of carbonyl (C=O) groups excluding carboxylic acids is 1. The number of carbonyl (C=O) groups is 1. The standard InChI is InChI=1S/C10H16N2O/c1-10(13)11-6-2-3-7-12-8-4-5-9-12/h4-9H2,1H3,(H,11,13). The van der Waals surface area contributed by atoms with Crippen LogP contribution in [-0.2, 0) is 4.79 Å². The Labute approximate surface area is 79.5 Å². The summed E-state index contributed by atoms with van der Waals surface area (Å²) in [4.78, 5) is 12.8. The van der Waals surface area contributed by atoms with Crippen LogP contribution in [0.15, 0.2) is 0 Å².